The lowest BCUT2D eigenvalue weighted by Crippen LogP contribution is -2.27. The van der Waals surface area contributed by atoms with Gasteiger partial charge in [-0.25, -0.2) is 0 Å². The summed E-state index contributed by atoms with van der Waals surface area (Å²) >= 11 is 6.52. The van der Waals surface area contributed by atoms with Gasteiger partial charge in [-0.2, -0.15) is 18.3 Å². The van der Waals surface area contributed by atoms with Crippen LogP contribution in [0.1, 0.15) is 22.5 Å². The van der Waals surface area contributed by atoms with Crippen LogP contribution in [0.5, 0.6) is 5.88 Å². The van der Waals surface area contributed by atoms with Crippen molar-refractivity contribution in [1.82, 2.24) is 19.8 Å². The number of carbonyl (C=O) groups excluding carboxylic acids is 2. The number of nitrogens with zero attached hydrogens (tertiary/aromatic N) is 4. The fraction of sp³-hybridized carbons (Fsp3) is 0.130. The van der Waals surface area contributed by atoms with E-state index in [1.165, 1.54) is 29.1 Å². The number of imide groups is 1. The van der Waals surface area contributed by atoms with Gasteiger partial charge in [0.05, 0.1) is 35.3 Å². The number of carbonyl (C=O) groups is 2. The number of benzene rings is 2. The second-order valence-electron chi connectivity index (χ2n) is 7.84. The summed E-state index contributed by atoms with van der Waals surface area (Å²) in [5, 5.41) is 16.9. The number of aromatic nitrogens is 3. The van der Waals surface area contributed by atoms with Crippen LogP contribution in [0.15, 0.2) is 58.1 Å². The average Bonchev–Trinajstić information content (AvgIpc) is 3.48. The lowest BCUT2D eigenvalue weighted by atomic mass is 10.1. The van der Waals surface area contributed by atoms with E-state index in [1.54, 1.807) is 24.3 Å². The molecule has 2 aromatic carbocycles. The van der Waals surface area contributed by atoms with E-state index in [1.807, 2.05) is 0 Å². The molecule has 0 unspecified atom stereocenters. The minimum atomic E-state index is -4.56. The van der Waals surface area contributed by atoms with Gasteiger partial charge in [0.2, 0.25) is 0 Å². The summed E-state index contributed by atoms with van der Waals surface area (Å²) in [6.07, 6.45) is -1.51. The Labute approximate surface area is 209 Å². The third-order valence-corrected chi connectivity index (χ3v) is 6.54. The highest BCUT2D eigenvalue weighted by atomic mass is 35.5. The maximum atomic E-state index is 13.5. The summed E-state index contributed by atoms with van der Waals surface area (Å²) in [5.74, 6) is -0.731. The molecule has 13 heteroatoms. The van der Waals surface area contributed by atoms with Crippen LogP contribution >= 0.6 is 23.4 Å². The molecule has 1 fully saturated rings. The molecule has 1 aliphatic rings. The fourth-order valence-corrected chi connectivity index (χ4v) is 4.76. The van der Waals surface area contributed by atoms with Crippen molar-refractivity contribution < 1.29 is 32.4 Å². The maximum absolute atomic E-state index is 13.5. The van der Waals surface area contributed by atoms with E-state index in [9.17, 15) is 27.9 Å². The topological polar surface area (TPSA) is 101 Å². The summed E-state index contributed by atoms with van der Waals surface area (Å²) in [5.41, 5.74) is 0.391. The van der Waals surface area contributed by atoms with E-state index >= 15 is 0 Å². The van der Waals surface area contributed by atoms with E-state index in [4.69, 9.17) is 16.1 Å². The second kappa shape index (κ2) is 9.03. The Morgan fingerprint density at radius 1 is 1.11 bits per heavy atom. The van der Waals surface area contributed by atoms with Gasteiger partial charge in [-0.15, -0.1) is 0 Å². The molecular weight excluding hydrogens is 521 g/mol. The van der Waals surface area contributed by atoms with Crippen molar-refractivity contribution in [1.29, 1.82) is 0 Å². The molecular formula is C23H14ClF3N4O4S. The van der Waals surface area contributed by atoms with Crippen molar-refractivity contribution in [3.8, 4) is 5.88 Å². The zero-order valence-electron chi connectivity index (χ0n) is 18.0. The van der Waals surface area contributed by atoms with E-state index < -0.39 is 22.9 Å². The Morgan fingerprint density at radius 3 is 2.64 bits per heavy atom. The Hall–Kier alpha value is -3.77. The Kier molecular flexibility index (Phi) is 6.00. The predicted molar refractivity (Wildman–Crippen MR) is 125 cm³/mol. The van der Waals surface area contributed by atoms with E-state index in [-0.39, 0.29) is 40.2 Å². The number of aromatic hydroxyl groups is 1. The molecule has 2 amide bonds. The third kappa shape index (κ3) is 4.69. The summed E-state index contributed by atoms with van der Waals surface area (Å²) < 4.78 is 46.7. The molecule has 4 aromatic rings. The van der Waals surface area contributed by atoms with Crippen LogP contribution in [0.3, 0.4) is 0 Å². The number of alkyl halides is 3. The van der Waals surface area contributed by atoms with Gasteiger partial charge >= 0.3 is 6.18 Å². The van der Waals surface area contributed by atoms with Crippen molar-refractivity contribution in [2.75, 3.05) is 0 Å². The largest absolute Gasteiger partial charge is 0.491 e. The predicted octanol–water partition coefficient (Wildman–Crippen LogP) is 5.69. The Balaban J connectivity index is 1.39. The normalized spacial score (nSPS) is 15.6. The monoisotopic (exact) mass is 534 g/mol. The Morgan fingerprint density at radius 2 is 1.92 bits per heavy atom. The van der Waals surface area contributed by atoms with E-state index in [2.05, 4.69) is 10.3 Å². The van der Waals surface area contributed by atoms with Crippen molar-refractivity contribution in [2.45, 2.75) is 19.3 Å². The highest BCUT2D eigenvalue weighted by molar-refractivity contribution is 8.18. The number of rotatable bonds is 5. The van der Waals surface area contributed by atoms with Gasteiger partial charge in [0, 0.05) is 16.5 Å². The molecule has 184 valence electrons. The SMILES string of the molecule is O=C1S/C(=C\c2ccc3c(cnn3Cc3ccc(Cl)cc3C(F)(F)F)c2)C(=O)N1Cc1cc(O)no1. The molecule has 1 N–H and O–H groups in total. The highest BCUT2D eigenvalue weighted by Gasteiger charge is 2.36. The van der Waals surface area contributed by atoms with Crippen molar-refractivity contribution in [2.24, 2.45) is 0 Å². The van der Waals surface area contributed by atoms with Crippen LogP contribution in [-0.4, -0.2) is 36.1 Å². The van der Waals surface area contributed by atoms with Crippen LogP contribution in [-0.2, 0) is 24.1 Å². The molecule has 0 radical (unpaired) electrons. The standard InChI is InChI=1S/C23H14ClF3N4O4S/c24-15-3-2-13(17(7-15)23(25,26)27)10-31-18-4-1-12(5-14(18)9-28-31)6-19-21(33)30(22(34)36-19)11-16-8-20(32)29-35-16/h1-9H,10-11H2,(H,29,32)/b19-6-. The molecule has 0 bridgehead atoms. The van der Waals surface area contributed by atoms with E-state index in [0.29, 0.717) is 16.5 Å². The van der Waals surface area contributed by atoms with Gasteiger partial charge in [-0.1, -0.05) is 23.7 Å². The zero-order chi connectivity index (χ0) is 25.6. The molecule has 3 heterocycles. The fourth-order valence-electron chi connectivity index (χ4n) is 3.75. The van der Waals surface area contributed by atoms with Crippen LogP contribution < -0.4 is 0 Å². The smallest absolute Gasteiger partial charge is 0.416 e. The third-order valence-electron chi connectivity index (χ3n) is 5.40. The lowest BCUT2D eigenvalue weighted by molar-refractivity contribution is -0.138. The molecule has 0 atom stereocenters. The second-order valence-corrected chi connectivity index (χ2v) is 9.27. The first kappa shape index (κ1) is 23.9. The first-order valence-corrected chi connectivity index (χ1v) is 11.5. The number of thioether (sulfide) groups is 1. The number of amides is 2. The van der Waals surface area contributed by atoms with Crippen molar-refractivity contribution in [3.63, 3.8) is 0 Å². The summed E-state index contributed by atoms with van der Waals surface area (Å²) in [4.78, 5) is 26.2. The molecule has 5 rings (SSSR count). The minimum absolute atomic E-state index is 0.00979. The van der Waals surface area contributed by atoms with Crippen LogP contribution in [0.2, 0.25) is 5.02 Å². The van der Waals surface area contributed by atoms with Gasteiger partial charge in [0.1, 0.15) is 0 Å². The minimum Gasteiger partial charge on any atom is -0.491 e. The number of fused-ring (bicyclic) bond motifs is 1. The average molecular weight is 535 g/mol. The molecule has 1 aliphatic heterocycles. The van der Waals surface area contributed by atoms with E-state index in [0.717, 1.165) is 22.7 Å². The van der Waals surface area contributed by atoms with Gasteiger partial charge in [-0.05, 0) is 58.4 Å². The van der Waals surface area contributed by atoms with Crippen LogP contribution in [0.25, 0.3) is 17.0 Å². The first-order valence-electron chi connectivity index (χ1n) is 10.3. The summed E-state index contributed by atoms with van der Waals surface area (Å²) in [7, 11) is 0. The molecule has 2 aromatic heterocycles. The molecule has 0 saturated carbocycles. The van der Waals surface area contributed by atoms with Gasteiger partial charge in [0.25, 0.3) is 17.0 Å². The highest BCUT2D eigenvalue weighted by Crippen LogP contribution is 2.36. The van der Waals surface area contributed by atoms with Gasteiger partial charge in [-0.3, -0.25) is 19.2 Å². The molecule has 0 aliphatic carbocycles. The lowest BCUT2D eigenvalue weighted by Gasteiger charge is -2.14. The maximum Gasteiger partial charge on any atom is 0.416 e. The molecule has 8 nitrogen and oxygen atoms in total. The molecule has 0 spiro atoms. The summed E-state index contributed by atoms with van der Waals surface area (Å²) in [6.45, 7) is -0.295. The van der Waals surface area contributed by atoms with Crippen LogP contribution in [0, 0.1) is 0 Å². The zero-order valence-corrected chi connectivity index (χ0v) is 19.6. The van der Waals surface area contributed by atoms with Crippen LogP contribution in [0.4, 0.5) is 18.0 Å². The quantitative estimate of drug-likeness (QED) is 0.328. The number of hydrogen-bond acceptors (Lipinski definition) is 7. The molecule has 36 heavy (non-hydrogen) atoms. The van der Waals surface area contributed by atoms with Gasteiger partial charge in [0.15, 0.2) is 5.76 Å². The number of halogens is 4. The number of hydrogen-bond donors (Lipinski definition) is 1. The first-order chi connectivity index (χ1) is 17.1. The van der Waals surface area contributed by atoms with Gasteiger partial charge < -0.3 is 9.63 Å². The summed E-state index contributed by atoms with van der Waals surface area (Å²) in [6, 6.07) is 9.89. The van der Waals surface area contributed by atoms with Crippen molar-refractivity contribution >= 4 is 51.5 Å². The molecule has 1 saturated heterocycles. The Bertz CT molecular complexity index is 1550. The van der Waals surface area contributed by atoms with Crippen molar-refractivity contribution in [3.05, 3.63) is 81.0 Å².